The summed E-state index contributed by atoms with van der Waals surface area (Å²) in [6, 6.07) is 21.9. The molecule has 3 aromatic rings. The van der Waals surface area contributed by atoms with Crippen molar-refractivity contribution < 1.29 is 8.42 Å². The van der Waals surface area contributed by atoms with Crippen LogP contribution in [0.25, 0.3) is 10.8 Å². The molecule has 32 heavy (non-hydrogen) atoms. The van der Waals surface area contributed by atoms with Crippen LogP contribution in [0.4, 0.5) is 0 Å². The zero-order valence-corrected chi connectivity index (χ0v) is 19.5. The molecular weight excluding hydrogens is 416 g/mol. The third-order valence-corrected chi connectivity index (χ3v) is 6.71. The fourth-order valence-electron chi connectivity index (χ4n) is 3.42. The number of sulfonamides is 1. The van der Waals surface area contributed by atoms with Crippen LogP contribution in [0.15, 0.2) is 83.8 Å². The lowest BCUT2D eigenvalue weighted by molar-refractivity contribution is 0.579. The first-order valence-electron chi connectivity index (χ1n) is 10.9. The Morgan fingerprint density at radius 2 is 1.75 bits per heavy atom. The van der Waals surface area contributed by atoms with Gasteiger partial charge in [0.2, 0.25) is 10.0 Å². The molecule has 0 aliphatic carbocycles. The largest absolute Gasteiger partial charge is 0.307 e. The van der Waals surface area contributed by atoms with Gasteiger partial charge in [-0.15, -0.1) is 0 Å². The van der Waals surface area contributed by atoms with E-state index in [0.29, 0.717) is 24.3 Å². The molecule has 5 heteroatoms. The molecule has 0 aliphatic rings. The number of aryl methyl sites for hydroxylation is 1. The van der Waals surface area contributed by atoms with Crippen LogP contribution in [0, 0.1) is 18.8 Å². The predicted octanol–water partition coefficient (Wildman–Crippen LogP) is 5.12. The first-order chi connectivity index (χ1) is 15.5. The monoisotopic (exact) mass is 446 g/mol. The van der Waals surface area contributed by atoms with Gasteiger partial charge in [0.15, 0.2) is 0 Å². The second-order valence-electron chi connectivity index (χ2n) is 7.74. The molecule has 1 atom stereocenters. The normalized spacial score (nSPS) is 12.6. The highest BCUT2D eigenvalue weighted by molar-refractivity contribution is 7.89. The molecule has 0 heterocycles. The van der Waals surface area contributed by atoms with Crippen molar-refractivity contribution in [2.45, 2.75) is 37.6 Å². The fraction of sp³-hybridized carbons (Fsp3) is 0.259. The summed E-state index contributed by atoms with van der Waals surface area (Å²) in [5.41, 5.74) is 2.32. The Labute approximate surface area is 191 Å². The molecule has 0 bridgehead atoms. The summed E-state index contributed by atoms with van der Waals surface area (Å²) in [7, 11) is -3.45. The van der Waals surface area contributed by atoms with E-state index in [1.807, 2.05) is 19.1 Å². The molecule has 3 aromatic carbocycles. The van der Waals surface area contributed by atoms with Crippen LogP contribution in [0.2, 0.25) is 0 Å². The average Bonchev–Trinajstić information content (AvgIpc) is 2.80. The van der Waals surface area contributed by atoms with Crippen LogP contribution < -0.4 is 10.0 Å². The molecule has 0 fully saturated rings. The van der Waals surface area contributed by atoms with Crippen LogP contribution in [0.1, 0.15) is 36.9 Å². The van der Waals surface area contributed by atoms with Crippen molar-refractivity contribution in [2.24, 2.45) is 0 Å². The molecule has 4 nitrogen and oxygen atoms in total. The highest BCUT2D eigenvalue weighted by Crippen LogP contribution is 2.23. The zero-order chi connectivity index (χ0) is 22.8. The van der Waals surface area contributed by atoms with Gasteiger partial charge in [0.25, 0.3) is 0 Å². The van der Waals surface area contributed by atoms with E-state index in [9.17, 15) is 8.42 Å². The first kappa shape index (κ1) is 23.7. The van der Waals surface area contributed by atoms with Crippen molar-refractivity contribution in [2.75, 3.05) is 13.1 Å². The van der Waals surface area contributed by atoms with E-state index in [2.05, 4.69) is 71.3 Å². The number of unbranched alkanes of at least 4 members (excludes halogenated alkanes) is 1. The Morgan fingerprint density at radius 3 is 2.56 bits per heavy atom. The summed E-state index contributed by atoms with van der Waals surface area (Å²) in [6.07, 6.45) is 5.16. The van der Waals surface area contributed by atoms with Gasteiger partial charge in [0, 0.05) is 25.6 Å². The molecule has 0 spiro atoms. The molecule has 0 saturated carbocycles. The topological polar surface area (TPSA) is 58.2 Å². The van der Waals surface area contributed by atoms with Crippen LogP contribution in [0.5, 0.6) is 0 Å². The Kier molecular flexibility index (Phi) is 8.64. The Balaban J connectivity index is 1.36. The van der Waals surface area contributed by atoms with Crippen molar-refractivity contribution in [1.82, 2.24) is 10.0 Å². The summed E-state index contributed by atoms with van der Waals surface area (Å²) >= 11 is 0. The first-order valence-corrected chi connectivity index (χ1v) is 12.4. The number of nitrogens with one attached hydrogen (secondary N) is 2. The smallest absolute Gasteiger partial charge is 0.240 e. The molecule has 0 radical (unpaired) electrons. The molecule has 166 valence electrons. The zero-order valence-electron chi connectivity index (χ0n) is 18.6. The van der Waals surface area contributed by atoms with Gasteiger partial charge >= 0.3 is 0 Å². The predicted molar refractivity (Wildman–Crippen MR) is 133 cm³/mol. The van der Waals surface area contributed by atoms with Gasteiger partial charge in [-0.05, 0) is 54.8 Å². The maximum Gasteiger partial charge on any atom is 0.240 e. The molecular formula is C27H30N2O2S. The van der Waals surface area contributed by atoms with Crippen molar-refractivity contribution in [1.29, 1.82) is 0 Å². The average molecular weight is 447 g/mol. The van der Waals surface area contributed by atoms with E-state index in [1.165, 1.54) is 16.3 Å². The number of fused-ring (bicyclic) bond motifs is 1. The minimum absolute atomic E-state index is 0.236. The Hall–Kier alpha value is -2.91. The molecule has 0 aliphatic heterocycles. The summed E-state index contributed by atoms with van der Waals surface area (Å²) in [5.74, 6) is 6.08. The maximum atomic E-state index is 12.2. The van der Waals surface area contributed by atoms with E-state index >= 15 is 0 Å². The Morgan fingerprint density at radius 1 is 1.00 bits per heavy atom. The van der Waals surface area contributed by atoms with Crippen LogP contribution >= 0.6 is 0 Å². The molecule has 2 N–H and O–H groups in total. The highest BCUT2D eigenvalue weighted by Gasteiger charge is 2.12. The molecule has 0 amide bonds. The van der Waals surface area contributed by atoms with E-state index < -0.39 is 10.0 Å². The molecule has 3 rings (SSSR count). The maximum absolute atomic E-state index is 12.2. The van der Waals surface area contributed by atoms with Gasteiger partial charge in [0.05, 0.1) is 4.90 Å². The van der Waals surface area contributed by atoms with E-state index in [4.69, 9.17) is 0 Å². The van der Waals surface area contributed by atoms with Crippen molar-refractivity contribution in [3.05, 3.63) is 90.0 Å². The summed E-state index contributed by atoms with van der Waals surface area (Å²) < 4.78 is 27.1. The lowest BCUT2D eigenvalue weighted by Crippen LogP contribution is -2.24. The molecule has 0 unspecified atom stereocenters. The van der Waals surface area contributed by atoms with E-state index in [1.54, 1.807) is 24.3 Å². The Bertz CT molecular complexity index is 1210. The van der Waals surface area contributed by atoms with Gasteiger partial charge in [-0.2, -0.15) is 0 Å². The molecule has 0 saturated heterocycles. The summed E-state index contributed by atoms with van der Waals surface area (Å²) in [5, 5.41) is 6.03. The van der Waals surface area contributed by atoms with Crippen LogP contribution in [-0.4, -0.2) is 21.5 Å². The lowest BCUT2D eigenvalue weighted by Gasteiger charge is -2.15. The summed E-state index contributed by atoms with van der Waals surface area (Å²) in [4.78, 5) is 0.294. The van der Waals surface area contributed by atoms with Gasteiger partial charge < -0.3 is 5.32 Å². The third kappa shape index (κ3) is 6.80. The van der Waals surface area contributed by atoms with Gasteiger partial charge in [-0.25, -0.2) is 13.1 Å². The highest BCUT2D eigenvalue weighted by atomic mass is 32.2. The number of hydrogen-bond donors (Lipinski definition) is 2. The van der Waals surface area contributed by atoms with Gasteiger partial charge in [-0.1, -0.05) is 78.1 Å². The molecule has 0 aromatic heterocycles. The minimum Gasteiger partial charge on any atom is -0.307 e. The van der Waals surface area contributed by atoms with Crippen molar-refractivity contribution in [3.63, 3.8) is 0 Å². The minimum atomic E-state index is -3.45. The number of rotatable bonds is 9. The summed E-state index contributed by atoms with van der Waals surface area (Å²) in [6.45, 7) is 5.20. The van der Waals surface area contributed by atoms with Crippen molar-refractivity contribution >= 4 is 20.8 Å². The van der Waals surface area contributed by atoms with E-state index in [-0.39, 0.29) is 6.04 Å². The lowest BCUT2D eigenvalue weighted by atomic mass is 10.00. The van der Waals surface area contributed by atoms with E-state index in [0.717, 1.165) is 12.1 Å². The van der Waals surface area contributed by atoms with Gasteiger partial charge in [-0.3, -0.25) is 0 Å². The number of benzene rings is 3. The third-order valence-electron chi connectivity index (χ3n) is 5.24. The standard InChI is InChI=1S/C27H30N2O2S/c1-22-16-18-25(19-17-22)32(30,31)29-21-10-6-4-3-5-9-20-28-23(2)26-15-11-13-24-12-7-8-14-27(24)26/h5,7-9,11-19,23,28-29H,6,10,20-21H2,1-2H3/b9-5+/t23-/m1/s1. The van der Waals surface area contributed by atoms with Gasteiger partial charge in [0.1, 0.15) is 0 Å². The number of hydrogen-bond acceptors (Lipinski definition) is 3. The SMILES string of the molecule is Cc1ccc(S(=O)(=O)NCCCC#C/C=C/CN[C@H](C)c2cccc3ccccc23)cc1. The van der Waals surface area contributed by atoms with Crippen LogP contribution in [0.3, 0.4) is 0 Å². The van der Waals surface area contributed by atoms with Crippen LogP contribution in [-0.2, 0) is 10.0 Å². The fourth-order valence-corrected chi connectivity index (χ4v) is 4.49. The number of allylic oxidation sites excluding steroid dienone is 1. The quantitative estimate of drug-likeness (QED) is 0.354. The second kappa shape index (κ2) is 11.6. The second-order valence-corrected chi connectivity index (χ2v) is 9.50. The van der Waals surface area contributed by atoms with Crippen molar-refractivity contribution in [3.8, 4) is 11.8 Å².